The predicted octanol–water partition coefficient (Wildman–Crippen LogP) is 1.95. The van der Waals surface area contributed by atoms with Gasteiger partial charge in [-0.05, 0) is 13.0 Å². The predicted molar refractivity (Wildman–Crippen MR) is 67.8 cm³/mol. The smallest absolute Gasteiger partial charge is 0.359 e. The highest BCUT2D eigenvalue weighted by Crippen LogP contribution is 2.18. The van der Waals surface area contributed by atoms with Crippen LogP contribution in [-0.2, 0) is 18.4 Å². The van der Waals surface area contributed by atoms with E-state index in [1.807, 2.05) is 0 Å². The number of aryl methyl sites for hydroxylation is 2. The standard InChI is InChI=1S/C13H13F2N3O2/c1-7-11(16)12(18(2)17-7)13(19)20-6-8-4-3-5-9(14)10(8)15/h3-5H,6,16H2,1-2H3. The third-order valence-electron chi connectivity index (χ3n) is 2.85. The van der Waals surface area contributed by atoms with Gasteiger partial charge in [0.1, 0.15) is 6.61 Å². The monoisotopic (exact) mass is 281 g/mol. The van der Waals surface area contributed by atoms with Gasteiger partial charge in [0, 0.05) is 12.6 Å². The van der Waals surface area contributed by atoms with Crippen LogP contribution in [0.4, 0.5) is 14.5 Å². The average molecular weight is 281 g/mol. The van der Waals surface area contributed by atoms with Gasteiger partial charge in [0.05, 0.1) is 11.4 Å². The van der Waals surface area contributed by atoms with Gasteiger partial charge in [-0.2, -0.15) is 5.10 Å². The molecule has 1 aromatic heterocycles. The number of aromatic nitrogens is 2. The average Bonchev–Trinajstić information content (AvgIpc) is 2.65. The van der Waals surface area contributed by atoms with E-state index in [2.05, 4.69) is 5.10 Å². The van der Waals surface area contributed by atoms with Gasteiger partial charge in [-0.3, -0.25) is 4.68 Å². The SMILES string of the molecule is Cc1nn(C)c(C(=O)OCc2cccc(F)c2F)c1N. The number of nitrogen functional groups attached to an aromatic ring is 1. The Labute approximate surface area is 114 Å². The first-order valence-corrected chi connectivity index (χ1v) is 5.81. The van der Waals surface area contributed by atoms with Crippen LogP contribution in [0.25, 0.3) is 0 Å². The molecule has 0 amide bonds. The van der Waals surface area contributed by atoms with Crippen LogP contribution >= 0.6 is 0 Å². The molecule has 2 rings (SSSR count). The molecule has 0 aliphatic carbocycles. The normalized spacial score (nSPS) is 10.6. The third-order valence-corrected chi connectivity index (χ3v) is 2.85. The second kappa shape index (κ2) is 5.28. The van der Waals surface area contributed by atoms with Crippen molar-refractivity contribution in [2.45, 2.75) is 13.5 Å². The summed E-state index contributed by atoms with van der Waals surface area (Å²) in [7, 11) is 1.54. The highest BCUT2D eigenvalue weighted by atomic mass is 19.2. The number of nitrogens with two attached hydrogens (primary N) is 1. The molecule has 1 heterocycles. The zero-order valence-electron chi connectivity index (χ0n) is 11.0. The first kappa shape index (κ1) is 14.0. The number of esters is 1. The Morgan fingerprint density at radius 1 is 1.45 bits per heavy atom. The second-order valence-electron chi connectivity index (χ2n) is 4.26. The molecule has 0 saturated carbocycles. The van der Waals surface area contributed by atoms with Gasteiger partial charge in [0.2, 0.25) is 0 Å². The molecular weight excluding hydrogens is 268 g/mol. The fourth-order valence-corrected chi connectivity index (χ4v) is 1.79. The Balaban J connectivity index is 2.15. The number of benzene rings is 1. The van der Waals surface area contributed by atoms with Crippen LogP contribution in [0, 0.1) is 18.6 Å². The molecule has 0 spiro atoms. The lowest BCUT2D eigenvalue weighted by Gasteiger charge is -2.07. The quantitative estimate of drug-likeness (QED) is 0.873. The molecule has 0 aliphatic rings. The van der Waals surface area contributed by atoms with Crippen molar-refractivity contribution in [2.75, 3.05) is 5.73 Å². The number of rotatable bonds is 3. The van der Waals surface area contributed by atoms with E-state index in [-0.39, 0.29) is 23.6 Å². The summed E-state index contributed by atoms with van der Waals surface area (Å²) in [5, 5.41) is 3.98. The van der Waals surface area contributed by atoms with Crippen LogP contribution in [0.5, 0.6) is 0 Å². The molecule has 5 nitrogen and oxygen atoms in total. The van der Waals surface area contributed by atoms with Crippen molar-refractivity contribution in [1.82, 2.24) is 9.78 Å². The number of hydrogen-bond acceptors (Lipinski definition) is 4. The summed E-state index contributed by atoms with van der Waals surface area (Å²) in [5.41, 5.74) is 6.45. The largest absolute Gasteiger partial charge is 0.456 e. The topological polar surface area (TPSA) is 70.1 Å². The van der Waals surface area contributed by atoms with E-state index < -0.39 is 17.6 Å². The maximum Gasteiger partial charge on any atom is 0.359 e. The number of ether oxygens (including phenoxy) is 1. The number of hydrogen-bond donors (Lipinski definition) is 1. The van der Waals surface area contributed by atoms with E-state index in [1.165, 1.54) is 16.8 Å². The van der Waals surface area contributed by atoms with Crippen LogP contribution in [0.2, 0.25) is 0 Å². The second-order valence-corrected chi connectivity index (χ2v) is 4.26. The molecule has 0 saturated heterocycles. The van der Waals surface area contributed by atoms with Gasteiger partial charge in [-0.1, -0.05) is 12.1 Å². The first-order valence-electron chi connectivity index (χ1n) is 5.81. The molecule has 2 aromatic rings. The van der Waals surface area contributed by atoms with Crippen molar-refractivity contribution in [3.8, 4) is 0 Å². The number of carbonyl (C=O) groups is 1. The molecule has 106 valence electrons. The molecule has 0 radical (unpaired) electrons. The molecule has 0 fully saturated rings. The Hall–Kier alpha value is -2.44. The lowest BCUT2D eigenvalue weighted by molar-refractivity contribution is 0.0456. The Morgan fingerprint density at radius 2 is 2.15 bits per heavy atom. The van der Waals surface area contributed by atoms with Gasteiger partial charge in [-0.25, -0.2) is 13.6 Å². The van der Waals surface area contributed by atoms with Gasteiger partial charge in [-0.15, -0.1) is 0 Å². The summed E-state index contributed by atoms with van der Waals surface area (Å²) in [6.45, 7) is 1.27. The number of carbonyl (C=O) groups excluding carboxylic acids is 1. The van der Waals surface area contributed by atoms with Crippen LogP contribution < -0.4 is 5.73 Å². The van der Waals surface area contributed by atoms with Crippen molar-refractivity contribution < 1.29 is 18.3 Å². The van der Waals surface area contributed by atoms with E-state index in [1.54, 1.807) is 14.0 Å². The summed E-state index contributed by atoms with van der Waals surface area (Å²) in [5.74, 6) is -2.77. The summed E-state index contributed by atoms with van der Waals surface area (Å²) in [6, 6.07) is 3.66. The fraction of sp³-hybridized carbons (Fsp3) is 0.231. The minimum atomic E-state index is -1.03. The van der Waals surface area contributed by atoms with E-state index in [0.29, 0.717) is 5.69 Å². The number of halogens is 2. The minimum Gasteiger partial charge on any atom is -0.456 e. The Morgan fingerprint density at radius 3 is 2.75 bits per heavy atom. The van der Waals surface area contributed by atoms with Crippen LogP contribution in [0.15, 0.2) is 18.2 Å². The van der Waals surface area contributed by atoms with Crippen LogP contribution in [0.1, 0.15) is 21.7 Å². The van der Waals surface area contributed by atoms with Crippen molar-refractivity contribution in [2.24, 2.45) is 7.05 Å². The maximum absolute atomic E-state index is 13.4. The Bertz CT molecular complexity index is 668. The van der Waals surface area contributed by atoms with E-state index in [4.69, 9.17) is 10.5 Å². The zero-order chi connectivity index (χ0) is 14.9. The molecule has 2 N–H and O–H groups in total. The third kappa shape index (κ3) is 2.47. The van der Waals surface area contributed by atoms with Crippen molar-refractivity contribution in [3.05, 3.63) is 46.8 Å². The van der Waals surface area contributed by atoms with Gasteiger partial charge < -0.3 is 10.5 Å². The molecule has 0 aliphatic heterocycles. The van der Waals surface area contributed by atoms with E-state index in [0.717, 1.165) is 6.07 Å². The molecule has 20 heavy (non-hydrogen) atoms. The van der Waals surface area contributed by atoms with E-state index in [9.17, 15) is 13.6 Å². The molecular formula is C13H13F2N3O2. The molecule has 0 bridgehead atoms. The van der Waals surface area contributed by atoms with Crippen molar-refractivity contribution >= 4 is 11.7 Å². The number of anilines is 1. The number of nitrogens with zero attached hydrogens (tertiary/aromatic N) is 2. The van der Waals surface area contributed by atoms with Gasteiger partial charge in [0.25, 0.3) is 0 Å². The Kier molecular flexibility index (Phi) is 3.69. The highest BCUT2D eigenvalue weighted by molar-refractivity contribution is 5.93. The summed E-state index contributed by atoms with van der Waals surface area (Å²) >= 11 is 0. The lowest BCUT2D eigenvalue weighted by Crippen LogP contribution is -2.13. The maximum atomic E-state index is 13.4. The van der Waals surface area contributed by atoms with Gasteiger partial charge >= 0.3 is 5.97 Å². The zero-order valence-corrected chi connectivity index (χ0v) is 11.0. The van der Waals surface area contributed by atoms with Crippen LogP contribution in [0.3, 0.4) is 0 Å². The minimum absolute atomic E-state index is 0.0455. The first-order chi connectivity index (χ1) is 9.41. The summed E-state index contributed by atoms with van der Waals surface area (Å²) < 4.78 is 32.6. The lowest BCUT2D eigenvalue weighted by atomic mass is 10.2. The molecule has 0 unspecified atom stereocenters. The van der Waals surface area contributed by atoms with Gasteiger partial charge in [0.15, 0.2) is 17.3 Å². The molecule has 1 aromatic carbocycles. The van der Waals surface area contributed by atoms with E-state index >= 15 is 0 Å². The van der Waals surface area contributed by atoms with Crippen molar-refractivity contribution in [3.63, 3.8) is 0 Å². The van der Waals surface area contributed by atoms with Crippen molar-refractivity contribution in [1.29, 1.82) is 0 Å². The highest BCUT2D eigenvalue weighted by Gasteiger charge is 2.20. The summed E-state index contributed by atoms with van der Waals surface area (Å²) in [6.07, 6.45) is 0. The fourth-order valence-electron chi connectivity index (χ4n) is 1.79. The molecule has 0 atom stereocenters. The van der Waals surface area contributed by atoms with Crippen LogP contribution in [-0.4, -0.2) is 15.7 Å². The summed E-state index contributed by atoms with van der Waals surface area (Å²) in [4.78, 5) is 11.9. The molecule has 7 heteroatoms.